The van der Waals surface area contributed by atoms with Gasteiger partial charge >= 0.3 is 0 Å². The maximum atomic E-state index is 12.0. The third kappa shape index (κ3) is 4.10. The minimum absolute atomic E-state index is 0.153. The average Bonchev–Trinajstić information content (AvgIpc) is 2.98. The van der Waals surface area contributed by atoms with E-state index in [-0.39, 0.29) is 11.9 Å². The Morgan fingerprint density at radius 2 is 2.05 bits per heavy atom. The van der Waals surface area contributed by atoms with Crippen molar-refractivity contribution in [1.82, 2.24) is 5.32 Å². The van der Waals surface area contributed by atoms with Crippen molar-refractivity contribution in [3.63, 3.8) is 0 Å². The van der Waals surface area contributed by atoms with Gasteiger partial charge in [-0.3, -0.25) is 4.79 Å². The van der Waals surface area contributed by atoms with Gasteiger partial charge in [-0.05, 0) is 32.0 Å². The standard InChI is InChI=1S/C16H20N2O3/c1-11(17)14-7-3-4-8-15(14)21-12(2)16(19)18-10-13-6-5-9-20-13/h3-9,11-12H,10,17H2,1-2H3,(H,18,19)/t11-,12?/m1/s1. The van der Waals surface area contributed by atoms with E-state index in [2.05, 4.69) is 5.32 Å². The van der Waals surface area contributed by atoms with Gasteiger partial charge in [0.15, 0.2) is 6.10 Å². The Labute approximate surface area is 124 Å². The average molecular weight is 288 g/mol. The fourth-order valence-electron chi connectivity index (χ4n) is 1.94. The first-order valence-electron chi connectivity index (χ1n) is 6.89. The first kappa shape index (κ1) is 15.1. The number of hydrogen-bond acceptors (Lipinski definition) is 4. The normalized spacial score (nSPS) is 13.5. The Kier molecular flexibility index (Phi) is 5.00. The molecule has 0 saturated carbocycles. The van der Waals surface area contributed by atoms with Gasteiger partial charge in [-0.25, -0.2) is 0 Å². The SMILES string of the molecule is CC(Oc1ccccc1[C@@H](C)N)C(=O)NCc1ccco1. The predicted octanol–water partition coefficient (Wildman–Crippen LogP) is 2.38. The number of rotatable bonds is 6. The summed E-state index contributed by atoms with van der Waals surface area (Å²) in [6, 6.07) is 10.9. The largest absolute Gasteiger partial charge is 0.481 e. The molecule has 1 amide bonds. The molecule has 1 aromatic heterocycles. The number of carbonyl (C=O) groups excluding carboxylic acids is 1. The van der Waals surface area contributed by atoms with Crippen LogP contribution in [0.25, 0.3) is 0 Å². The van der Waals surface area contributed by atoms with E-state index >= 15 is 0 Å². The van der Waals surface area contributed by atoms with Crippen LogP contribution in [-0.2, 0) is 11.3 Å². The summed E-state index contributed by atoms with van der Waals surface area (Å²) >= 11 is 0. The van der Waals surface area contributed by atoms with Gasteiger partial charge in [0.05, 0.1) is 12.8 Å². The van der Waals surface area contributed by atoms with Crippen molar-refractivity contribution in [3.8, 4) is 5.75 Å². The number of para-hydroxylation sites is 1. The van der Waals surface area contributed by atoms with Gasteiger partial charge in [0.2, 0.25) is 0 Å². The third-order valence-corrected chi connectivity index (χ3v) is 3.10. The van der Waals surface area contributed by atoms with Crippen molar-refractivity contribution in [3.05, 3.63) is 54.0 Å². The van der Waals surface area contributed by atoms with Crippen molar-refractivity contribution in [1.29, 1.82) is 0 Å². The molecule has 1 unspecified atom stereocenters. The van der Waals surface area contributed by atoms with Crippen LogP contribution in [0.3, 0.4) is 0 Å². The molecule has 5 nitrogen and oxygen atoms in total. The Morgan fingerprint density at radius 3 is 2.71 bits per heavy atom. The van der Waals surface area contributed by atoms with Crippen LogP contribution < -0.4 is 15.8 Å². The number of hydrogen-bond donors (Lipinski definition) is 2. The fourth-order valence-corrected chi connectivity index (χ4v) is 1.94. The van der Waals surface area contributed by atoms with Crippen molar-refractivity contribution in [2.24, 2.45) is 5.73 Å². The van der Waals surface area contributed by atoms with Crippen LogP contribution in [0.2, 0.25) is 0 Å². The molecule has 2 atom stereocenters. The van der Waals surface area contributed by atoms with Crippen molar-refractivity contribution >= 4 is 5.91 Å². The van der Waals surface area contributed by atoms with Crippen LogP contribution in [0.15, 0.2) is 47.1 Å². The minimum atomic E-state index is -0.611. The summed E-state index contributed by atoms with van der Waals surface area (Å²) in [5.41, 5.74) is 6.77. The lowest BCUT2D eigenvalue weighted by Crippen LogP contribution is -2.36. The second-order valence-electron chi connectivity index (χ2n) is 4.88. The molecule has 2 aromatic rings. The van der Waals surface area contributed by atoms with E-state index in [4.69, 9.17) is 14.9 Å². The minimum Gasteiger partial charge on any atom is -0.481 e. The van der Waals surface area contributed by atoms with Gasteiger partial charge in [0, 0.05) is 11.6 Å². The lowest BCUT2D eigenvalue weighted by molar-refractivity contribution is -0.127. The molecule has 0 aliphatic carbocycles. The number of amides is 1. The van der Waals surface area contributed by atoms with Gasteiger partial charge in [0.1, 0.15) is 11.5 Å². The highest BCUT2D eigenvalue weighted by molar-refractivity contribution is 5.80. The van der Waals surface area contributed by atoms with Crippen molar-refractivity contribution < 1.29 is 13.9 Å². The number of nitrogens with one attached hydrogen (secondary N) is 1. The molecule has 21 heavy (non-hydrogen) atoms. The lowest BCUT2D eigenvalue weighted by atomic mass is 10.1. The highest BCUT2D eigenvalue weighted by Crippen LogP contribution is 2.24. The molecule has 112 valence electrons. The van der Waals surface area contributed by atoms with Crippen molar-refractivity contribution in [2.75, 3.05) is 0 Å². The summed E-state index contributed by atoms with van der Waals surface area (Å²) in [7, 11) is 0. The molecule has 0 fully saturated rings. The summed E-state index contributed by atoms with van der Waals surface area (Å²) in [5, 5.41) is 2.76. The molecule has 2 rings (SSSR count). The maximum absolute atomic E-state index is 12.0. The van der Waals surface area contributed by atoms with Gasteiger partial charge in [-0.1, -0.05) is 18.2 Å². The van der Waals surface area contributed by atoms with Gasteiger partial charge in [-0.15, -0.1) is 0 Å². The number of carbonyl (C=O) groups is 1. The molecular formula is C16H20N2O3. The summed E-state index contributed by atoms with van der Waals surface area (Å²) < 4.78 is 10.9. The molecule has 3 N–H and O–H groups in total. The van der Waals surface area contributed by atoms with Crippen LogP contribution in [0.5, 0.6) is 5.75 Å². The summed E-state index contributed by atoms with van der Waals surface area (Å²) in [6.45, 7) is 3.92. The maximum Gasteiger partial charge on any atom is 0.261 e. The van der Waals surface area contributed by atoms with Crippen LogP contribution in [0.4, 0.5) is 0 Å². The van der Waals surface area contributed by atoms with E-state index in [1.54, 1.807) is 25.3 Å². The Hall–Kier alpha value is -2.27. The Morgan fingerprint density at radius 1 is 1.29 bits per heavy atom. The molecule has 0 radical (unpaired) electrons. The highest BCUT2D eigenvalue weighted by atomic mass is 16.5. The quantitative estimate of drug-likeness (QED) is 0.855. The molecule has 0 bridgehead atoms. The molecule has 0 aliphatic rings. The van der Waals surface area contributed by atoms with Crippen LogP contribution in [0, 0.1) is 0 Å². The molecule has 1 aromatic carbocycles. The van der Waals surface area contributed by atoms with Gasteiger partial charge in [0.25, 0.3) is 5.91 Å². The lowest BCUT2D eigenvalue weighted by Gasteiger charge is -2.18. The van der Waals surface area contributed by atoms with Crippen LogP contribution in [-0.4, -0.2) is 12.0 Å². The molecule has 0 aliphatic heterocycles. The van der Waals surface area contributed by atoms with E-state index in [1.165, 1.54) is 0 Å². The zero-order valence-electron chi connectivity index (χ0n) is 12.2. The highest BCUT2D eigenvalue weighted by Gasteiger charge is 2.17. The van der Waals surface area contributed by atoms with Crippen molar-refractivity contribution in [2.45, 2.75) is 32.5 Å². The van der Waals surface area contributed by atoms with Gasteiger partial charge in [-0.2, -0.15) is 0 Å². The summed E-state index contributed by atoms with van der Waals surface area (Å²) in [6.07, 6.45) is 0.959. The topological polar surface area (TPSA) is 77.5 Å². The van der Waals surface area contributed by atoms with Crippen LogP contribution in [0.1, 0.15) is 31.2 Å². The number of furan rings is 1. The van der Waals surface area contributed by atoms with E-state index in [0.717, 1.165) is 5.56 Å². The predicted molar refractivity (Wildman–Crippen MR) is 79.7 cm³/mol. The third-order valence-electron chi connectivity index (χ3n) is 3.10. The first-order chi connectivity index (χ1) is 10.1. The van der Waals surface area contributed by atoms with E-state index in [1.807, 2.05) is 31.2 Å². The monoisotopic (exact) mass is 288 g/mol. The molecule has 5 heteroatoms. The summed E-state index contributed by atoms with van der Waals surface area (Å²) in [4.78, 5) is 12.0. The zero-order chi connectivity index (χ0) is 15.2. The first-order valence-corrected chi connectivity index (χ1v) is 6.89. The fraction of sp³-hybridized carbons (Fsp3) is 0.312. The Bertz CT molecular complexity index is 579. The number of nitrogens with two attached hydrogens (primary N) is 1. The molecule has 0 spiro atoms. The van der Waals surface area contributed by atoms with E-state index < -0.39 is 6.10 Å². The Balaban J connectivity index is 1.94. The zero-order valence-corrected chi connectivity index (χ0v) is 12.2. The smallest absolute Gasteiger partial charge is 0.261 e. The second kappa shape index (κ2) is 6.95. The molecule has 1 heterocycles. The van der Waals surface area contributed by atoms with Gasteiger partial charge < -0.3 is 20.2 Å². The summed E-state index contributed by atoms with van der Waals surface area (Å²) in [5.74, 6) is 1.13. The molecule has 0 saturated heterocycles. The van der Waals surface area contributed by atoms with Crippen LogP contribution >= 0.6 is 0 Å². The number of ether oxygens (including phenoxy) is 1. The number of benzene rings is 1. The second-order valence-corrected chi connectivity index (χ2v) is 4.88. The van der Waals surface area contributed by atoms with E-state index in [9.17, 15) is 4.79 Å². The van der Waals surface area contributed by atoms with E-state index in [0.29, 0.717) is 18.1 Å². The molecular weight excluding hydrogens is 268 g/mol.